The number of benzene rings is 1. The summed E-state index contributed by atoms with van der Waals surface area (Å²) >= 11 is 7.08. The molecule has 1 rings (SSSR count). The van der Waals surface area contributed by atoms with Gasteiger partial charge in [-0.05, 0) is 18.2 Å². The molecule has 4 nitrogen and oxygen atoms in total. The second kappa shape index (κ2) is 6.75. The van der Waals surface area contributed by atoms with Crippen LogP contribution in [0.4, 0.5) is 10.1 Å². The first-order valence-corrected chi connectivity index (χ1v) is 6.50. The average Bonchev–Trinajstić information content (AvgIpc) is 2.29. The van der Waals surface area contributed by atoms with Gasteiger partial charge in [-0.15, -0.1) is 0 Å². The van der Waals surface area contributed by atoms with Gasteiger partial charge in [-0.2, -0.15) is 12.6 Å². The molecule has 7 heteroatoms. The molecular weight excluding hydrogens is 323 g/mol. The minimum Gasteiger partial charge on any atom is -0.344 e. The van der Waals surface area contributed by atoms with Crippen LogP contribution in [0.15, 0.2) is 22.7 Å². The van der Waals surface area contributed by atoms with E-state index in [2.05, 4.69) is 39.2 Å². The van der Waals surface area contributed by atoms with Gasteiger partial charge in [0.25, 0.3) is 0 Å². The van der Waals surface area contributed by atoms with Crippen molar-refractivity contribution in [2.75, 3.05) is 11.1 Å². The maximum absolute atomic E-state index is 13.5. The first-order valence-electron chi connectivity index (χ1n) is 5.08. The van der Waals surface area contributed by atoms with Crippen LogP contribution in [0.1, 0.15) is 6.92 Å². The molecule has 0 fully saturated rings. The van der Waals surface area contributed by atoms with E-state index in [1.807, 2.05) is 0 Å². The minimum atomic E-state index is -0.797. The average molecular weight is 335 g/mol. The van der Waals surface area contributed by atoms with Crippen LogP contribution in [-0.2, 0) is 9.59 Å². The van der Waals surface area contributed by atoms with Gasteiger partial charge < -0.3 is 10.6 Å². The summed E-state index contributed by atoms with van der Waals surface area (Å²) in [6.45, 7) is 1.30. The molecule has 98 valence electrons. The molecule has 1 unspecified atom stereocenters. The number of nitrogens with one attached hydrogen (secondary N) is 2. The first kappa shape index (κ1) is 15.0. The van der Waals surface area contributed by atoms with Crippen LogP contribution in [0.5, 0.6) is 0 Å². The van der Waals surface area contributed by atoms with Crippen molar-refractivity contribution in [1.29, 1.82) is 0 Å². The predicted molar refractivity (Wildman–Crippen MR) is 74.2 cm³/mol. The van der Waals surface area contributed by atoms with Crippen molar-refractivity contribution in [2.24, 2.45) is 0 Å². The molecule has 0 heterocycles. The third kappa shape index (κ3) is 4.30. The van der Waals surface area contributed by atoms with Gasteiger partial charge in [-0.3, -0.25) is 9.59 Å². The monoisotopic (exact) mass is 334 g/mol. The number of anilines is 1. The number of hydrogen-bond donors (Lipinski definition) is 3. The van der Waals surface area contributed by atoms with Crippen molar-refractivity contribution >= 4 is 46.1 Å². The van der Waals surface area contributed by atoms with E-state index < -0.39 is 17.8 Å². The van der Waals surface area contributed by atoms with Gasteiger partial charge in [0, 0.05) is 17.1 Å². The first-order chi connectivity index (χ1) is 8.43. The molecule has 1 aromatic rings. The Morgan fingerprint density at radius 2 is 2.17 bits per heavy atom. The number of halogens is 2. The molecule has 2 N–H and O–H groups in total. The fourth-order valence-electron chi connectivity index (χ4n) is 1.25. The lowest BCUT2D eigenvalue weighted by Gasteiger charge is -2.15. The third-order valence-corrected chi connectivity index (χ3v) is 2.92. The SMILES string of the molecule is CC(=O)NC(CS)C(=O)Nc1ccc(Br)cc1F. The zero-order chi connectivity index (χ0) is 13.7. The molecule has 0 saturated heterocycles. The molecule has 0 aliphatic heterocycles. The summed E-state index contributed by atoms with van der Waals surface area (Å²) in [4.78, 5) is 22.6. The van der Waals surface area contributed by atoms with Gasteiger partial charge in [0.2, 0.25) is 11.8 Å². The van der Waals surface area contributed by atoms with E-state index >= 15 is 0 Å². The molecular formula is C11H12BrFN2O2S. The standard InChI is InChI=1S/C11H12BrFN2O2S/c1-6(16)14-10(5-18)11(17)15-9-3-2-7(12)4-8(9)13/h2-4,10,18H,5H2,1H3,(H,14,16)(H,15,17). The van der Waals surface area contributed by atoms with Crippen LogP contribution in [0.2, 0.25) is 0 Å². The van der Waals surface area contributed by atoms with E-state index in [0.29, 0.717) is 4.47 Å². The maximum Gasteiger partial charge on any atom is 0.247 e. The highest BCUT2D eigenvalue weighted by atomic mass is 79.9. The van der Waals surface area contributed by atoms with Crippen molar-refractivity contribution in [3.05, 3.63) is 28.5 Å². The molecule has 0 aliphatic carbocycles. The van der Waals surface area contributed by atoms with E-state index in [1.54, 1.807) is 6.07 Å². The zero-order valence-electron chi connectivity index (χ0n) is 9.54. The molecule has 2 amide bonds. The van der Waals surface area contributed by atoms with Gasteiger partial charge in [0.15, 0.2) is 0 Å². The molecule has 0 aliphatic rings. The van der Waals surface area contributed by atoms with Crippen LogP contribution in [0.3, 0.4) is 0 Å². The van der Waals surface area contributed by atoms with Crippen LogP contribution in [-0.4, -0.2) is 23.6 Å². The summed E-state index contributed by atoms with van der Waals surface area (Å²) < 4.78 is 14.1. The second-order valence-corrected chi connectivity index (χ2v) is 4.83. The number of rotatable bonds is 4. The Kier molecular flexibility index (Phi) is 5.61. The van der Waals surface area contributed by atoms with E-state index in [0.717, 1.165) is 0 Å². The van der Waals surface area contributed by atoms with Crippen molar-refractivity contribution in [3.8, 4) is 0 Å². The minimum absolute atomic E-state index is 0.0559. The van der Waals surface area contributed by atoms with Crippen LogP contribution >= 0.6 is 28.6 Å². The summed E-state index contributed by atoms with van der Waals surface area (Å²) in [6.07, 6.45) is 0. The molecule has 0 aromatic heterocycles. The van der Waals surface area contributed by atoms with Crippen LogP contribution in [0, 0.1) is 5.82 Å². The second-order valence-electron chi connectivity index (χ2n) is 3.55. The normalized spacial score (nSPS) is 11.8. The fraction of sp³-hybridized carbons (Fsp3) is 0.273. The Labute approximate surface area is 118 Å². The van der Waals surface area contributed by atoms with Gasteiger partial charge in [0.1, 0.15) is 11.9 Å². The smallest absolute Gasteiger partial charge is 0.247 e. The van der Waals surface area contributed by atoms with Gasteiger partial charge >= 0.3 is 0 Å². The number of thiol groups is 1. The van der Waals surface area contributed by atoms with Crippen molar-refractivity contribution in [2.45, 2.75) is 13.0 Å². The van der Waals surface area contributed by atoms with Crippen LogP contribution < -0.4 is 10.6 Å². The van der Waals surface area contributed by atoms with Gasteiger partial charge in [-0.1, -0.05) is 15.9 Å². The highest BCUT2D eigenvalue weighted by Gasteiger charge is 2.18. The quantitative estimate of drug-likeness (QED) is 0.737. The molecule has 0 saturated carbocycles. The van der Waals surface area contributed by atoms with Crippen molar-refractivity contribution < 1.29 is 14.0 Å². The summed E-state index contributed by atoms with van der Waals surface area (Å²) in [6, 6.07) is 3.48. The van der Waals surface area contributed by atoms with Gasteiger partial charge in [-0.25, -0.2) is 4.39 Å². The topological polar surface area (TPSA) is 58.2 Å². The summed E-state index contributed by atoms with van der Waals surface area (Å²) in [5.41, 5.74) is 0.0559. The summed E-state index contributed by atoms with van der Waals surface area (Å²) in [5, 5.41) is 4.82. The number of carbonyl (C=O) groups excluding carboxylic acids is 2. The lowest BCUT2D eigenvalue weighted by molar-refractivity contribution is -0.124. The van der Waals surface area contributed by atoms with Crippen molar-refractivity contribution in [1.82, 2.24) is 5.32 Å². The lowest BCUT2D eigenvalue weighted by Crippen LogP contribution is -2.44. The van der Waals surface area contributed by atoms with Gasteiger partial charge in [0.05, 0.1) is 5.69 Å². The van der Waals surface area contributed by atoms with E-state index in [9.17, 15) is 14.0 Å². The Hall–Kier alpha value is -1.08. The summed E-state index contributed by atoms with van der Waals surface area (Å²) in [5.74, 6) is -1.29. The number of amides is 2. The Bertz CT molecular complexity index is 470. The Morgan fingerprint density at radius 3 is 2.67 bits per heavy atom. The maximum atomic E-state index is 13.5. The summed E-state index contributed by atoms with van der Waals surface area (Å²) in [7, 11) is 0. The van der Waals surface area contributed by atoms with Crippen molar-refractivity contribution in [3.63, 3.8) is 0 Å². The Morgan fingerprint density at radius 1 is 1.50 bits per heavy atom. The van der Waals surface area contributed by atoms with E-state index in [-0.39, 0.29) is 17.3 Å². The molecule has 0 bridgehead atoms. The zero-order valence-corrected chi connectivity index (χ0v) is 12.0. The lowest BCUT2D eigenvalue weighted by atomic mass is 10.2. The fourth-order valence-corrected chi connectivity index (χ4v) is 1.84. The van der Waals surface area contributed by atoms with E-state index in [1.165, 1.54) is 19.1 Å². The molecule has 18 heavy (non-hydrogen) atoms. The largest absolute Gasteiger partial charge is 0.344 e. The predicted octanol–water partition coefficient (Wildman–Crippen LogP) is 1.96. The molecule has 0 spiro atoms. The molecule has 0 radical (unpaired) electrons. The third-order valence-electron chi connectivity index (χ3n) is 2.07. The number of hydrogen-bond acceptors (Lipinski definition) is 3. The van der Waals surface area contributed by atoms with E-state index in [4.69, 9.17) is 0 Å². The Balaban J connectivity index is 2.76. The molecule has 1 atom stereocenters. The molecule has 1 aromatic carbocycles. The highest BCUT2D eigenvalue weighted by Crippen LogP contribution is 2.19. The highest BCUT2D eigenvalue weighted by molar-refractivity contribution is 9.10. The van der Waals surface area contributed by atoms with Crippen LogP contribution in [0.25, 0.3) is 0 Å². The number of carbonyl (C=O) groups is 2.